The Kier molecular flexibility index (Phi) is 3.51. The number of primary amides is 1. The molecule has 0 spiro atoms. The quantitative estimate of drug-likeness (QED) is 0.805. The molecule has 2 heteroatoms. The van der Waals surface area contributed by atoms with Crippen molar-refractivity contribution < 1.29 is 4.79 Å². The molecular formula is C13H18NO. The van der Waals surface area contributed by atoms with Crippen LogP contribution in [-0.4, -0.2) is 5.91 Å². The van der Waals surface area contributed by atoms with E-state index < -0.39 is 0 Å². The topological polar surface area (TPSA) is 43.1 Å². The fraction of sp³-hybridized carbons (Fsp3) is 0.462. The molecule has 0 aliphatic carbocycles. The van der Waals surface area contributed by atoms with E-state index in [4.69, 9.17) is 5.73 Å². The molecule has 1 aromatic carbocycles. The van der Waals surface area contributed by atoms with Crippen molar-refractivity contribution in [2.45, 2.75) is 27.2 Å². The van der Waals surface area contributed by atoms with E-state index in [0.717, 1.165) is 5.56 Å². The smallest absolute Gasteiger partial charge is 0.221 e. The molecule has 2 nitrogen and oxygen atoms in total. The molecule has 0 bridgehead atoms. The largest absolute Gasteiger partial charge is 0.369 e. The molecule has 0 fully saturated rings. The summed E-state index contributed by atoms with van der Waals surface area (Å²) < 4.78 is 0. The molecule has 0 aliphatic heterocycles. The van der Waals surface area contributed by atoms with Crippen molar-refractivity contribution >= 4 is 5.91 Å². The number of hydrogen-bond donors (Lipinski definition) is 1. The zero-order chi connectivity index (χ0) is 11.5. The van der Waals surface area contributed by atoms with Crippen molar-refractivity contribution in [2.75, 3.05) is 0 Å². The van der Waals surface area contributed by atoms with Gasteiger partial charge in [0.2, 0.25) is 5.91 Å². The Morgan fingerprint density at radius 1 is 1.40 bits per heavy atom. The average molecular weight is 204 g/mol. The molecule has 1 unspecified atom stereocenters. The van der Waals surface area contributed by atoms with Gasteiger partial charge in [-0.1, -0.05) is 45.0 Å². The Balaban J connectivity index is 2.82. The number of amides is 1. The molecule has 0 aromatic heterocycles. The van der Waals surface area contributed by atoms with E-state index in [1.54, 1.807) is 0 Å². The van der Waals surface area contributed by atoms with Crippen LogP contribution in [-0.2, 0) is 11.2 Å². The lowest BCUT2D eigenvalue weighted by atomic mass is 9.77. The molecule has 1 radical (unpaired) electrons. The Morgan fingerprint density at radius 3 is 2.33 bits per heavy atom. The summed E-state index contributed by atoms with van der Waals surface area (Å²) in [4.78, 5) is 11.4. The fourth-order valence-electron chi connectivity index (χ4n) is 1.63. The summed E-state index contributed by atoms with van der Waals surface area (Å²) in [6.07, 6.45) is 0.702. The van der Waals surface area contributed by atoms with Crippen LogP contribution in [0.3, 0.4) is 0 Å². The Hall–Kier alpha value is -1.31. The van der Waals surface area contributed by atoms with Crippen LogP contribution in [0.25, 0.3) is 0 Å². The van der Waals surface area contributed by atoms with Gasteiger partial charge >= 0.3 is 0 Å². The zero-order valence-electron chi connectivity index (χ0n) is 9.58. The summed E-state index contributed by atoms with van der Waals surface area (Å²) in [5, 5.41) is 0. The van der Waals surface area contributed by atoms with Gasteiger partial charge in [-0.05, 0) is 23.5 Å². The summed E-state index contributed by atoms with van der Waals surface area (Å²) in [6.45, 7) is 6.12. The second-order valence-electron chi connectivity index (χ2n) is 4.93. The van der Waals surface area contributed by atoms with Crippen LogP contribution >= 0.6 is 0 Å². The number of carbonyl (C=O) groups is 1. The third-order valence-corrected chi connectivity index (χ3v) is 2.62. The summed E-state index contributed by atoms with van der Waals surface area (Å²) in [7, 11) is 0. The monoisotopic (exact) mass is 204 g/mol. The average Bonchev–Trinajstić information content (AvgIpc) is 2.13. The maximum Gasteiger partial charge on any atom is 0.221 e. The zero-order valence-corrected chi connectivity index (χ0v) is 9.58. The minimum absolute atomic E-state index is 0.0919. The molecule has 1 aromatic rings. The second kappa shape index (κ2) is 4.47. The number of nitrogens with two attached hydrogens (primary N) is 1. The molecule has 0 aliphatic rings. The van der Waals surface area contributed by atoms with Crippen molar-refractivity contribution in [3.63, 3.8) is 0 Å². The van der Waals surface area contributed by atoms with Crippen molar-refractivity contribution in [1.82, 2.24) is 0 Å². The molecule has 0 heterocycles. The van der Waals surface area contributed by atoms with Crippen LogP contribution in [0.5, 0.6) is 0 Å². The van der Waals surface area contributed by atoms with E-state index in [9.17, 15) is 4.79 Å². The third-order valence-electron chi connectivity index (χ3n) is 2.62. The van der Waals surface area contributed by atoms with Gasteiger partial charge in [-0.2, -0.15) is 0 Å². The van der Waals surface area contributed by atoms with E-state index in [1.807, 2.05) is 45.0 Å². The molecule has 1 amide bonds. The third kappa shape index (κ3) is 3.39. The highest BCUT2D eigenvalue weighted by Crippen LogP contribution is 2.28. The molecule has 0 saturated carbocycles. The van der Waals surface area contributed by atoms with Crippen LogP contribution < -0.4 is 5.73 Å². The molecule has 15 heavy (non-hydrogen) atoms. The number of benzene rings is 1. The van der Waals surface area contributed by atoms with Crippen LogP contribution in [0.2, 0.25) is 0 Å². The fourth-order valence-corrected chi connectivity index (χ4v) is 1.63. The number of hydrogen-bond acceptors (Lipinski definition) is 1. The molecule has 1 rings (SSSR count). The maximum atomic E-state index is 11.4. The first kappa shape index (κ1) is 11.8. The van der Waals surface area contributed by atoms with Crippen LogP contribution in [0, 0.1) is 17.4 Å². The van der Waals surface area contributed by atoms with E-state index in [-0.39, 0.29) is 17.2 Å². The molecule has 1 atom stereocenters. The van der Waals surface area contributed by atoms with Gasteiger partial charge in [0, 0.05) is 5.92 Å². The van der Waals surface area contributed by atoms with Crippen molar-refractivity contribution in [3.8, 4) is 0 Å². The van der Waals surface area contributed by atoms with Crippen LogP contribution in [0.4, 0.5) is 0 Å². The van der Waals surface area contributed by atoms with Gasteiger partial charge in [-0.3, -0.25) is 4.79 Å². The predicted molar refractivity (Wildman–Crippen MR) is 61.1 cm³/mol. The second-order valence-corrected chi connectivity index (χ2v) is 4.93. The summed E-state index contributed by atoms with van der Waals surface area (Å²) >= 11 is 0. The highest BCUT2D eigenvalue weighted by Gasteiger charge is 2.29. The highest BCUT2D eigenvalue weighted by molar-refractivity contribution is 5.77. The van der Waals surface area contributed by atoms with E-state index in [0.29, 0.717) is 6.42 Å². The summed E-state index contributed by atoms with van der Waals surface area (Å²) in [5.74, 6) is -0.352. The summed E-state index contributed by atoms with van der Waals surface area (Å²) in [6, 6.07) is 10.6. The molecule has 2 N–H and O–H groups in total. The van der Waals surface area contributed by atoms with Gasteiger partial charge in [0.1, 0.15) is 0 Å². The van der Waals surface area contributed by atoms with E-state index in [1.165, 1.54) is 0 Å². The van der Waals surface area contributed by atoms with Gasteiger partial charge < -0.3 is 5.73 Å². The first-order valence-electron chi connectivity index (χ1n) is 5.15. The molecule has 0 saturated heterocycles. The van der Waals surface area contributed by atoms with Crippen LogP contribution in [0.15, 0.2) is 24.3 Å². The Morgan fingerprint density at radius 2 is 1.93 bits per heavy atom. The normalized spacial score (nSPS) is 13.5. The van der Waals surface area contributed by atoms with Gasteiger partial charge in [0.05, 0.1) is 0 Å². The Bertz CT molecular complexity index is 324. The minimum atomic E-state index is -0.227. The first-order chi connectivity index (χ1) is 6.91. The lowest BCUT2D eigenvalue weighted by molar-refractivity contribution is -0.124. The molecular weight excluding hydrogens is 186 g/mol. The summed E-state index contributed by atoms with van der Waals surface area (Å²) in [5.41, 5.74) is 6.46. The predicted octanol–water partition coefficient (Wildman–Crippen LogP) is 2.18. The first-order valence-corrected chi connectivity index (χ1v) is 5.15. The van der Waals surface area contributed by atoms with E-state index in [2.05, 4.69) is 6.07 Å². The molecule has 81 valence electrons. The van der Waals surface area contributed by atoms with Gasteiger partial charge in [0.15, 0.2) is 0 Å². The van der Waals surface area contributed by atoms with Gasteiger partial charge in [-0.25, -0.2) is 0 Å². The van der Waals surface area contributed by atoms with Crippen molar-refractivity contribution in [1.29, 1.82) is 0 Å². The number of rotatable bonds is 3. The maximum absolute atomic E-state index is 11.4. The van der Waals surface area contributed by atoms with E-state index >= 15 is 0 Å². The van der Waals surface area contributed by atoms with Gasteiger partial charge in [0.25, 0.3) is 0 Å². The lowest BCUT2D eigenvalue weighted by Crippen LogP contribution is -2.35. The SMILES string of the molecule is CC(C)(C)C(Cc1cc[c]cc1)C(N)=O. The standard InChI is InChI=1S/C13H18NO/c1-13(2,3)11(12(14)15)9-10-7-5-4-6-8-10/h5-8,11H,9H2,1-3H3,(H2,14,15). The lowest BCUT2D eigenvalue weighted by Gasteiger charge is -2.28. The van der Waals surface area contributed by atoms with Gasteiger partial charge in [-0.15, -0.1) is 0 Å². The van der Waals surface area contributed by atoms with Crippen molar-refractivity contribution in [2.24, 2.45) is 17.1 Å². The van der Waals surface area contributed by atoms with Crippen LogP contribution in [0.1, 0.15) is 26.3 Å². The minimum Gasteiger partial charge on any atom is -0.369 e. The Labute approximate surface area is 91.5 Å². The van der Waals surface area contributed by atoms with Crippen molar-refractivity contribution in [3.05, 3.63) is 35.9 Å². The highest BCUT2D eigenvalue weighted by atomic mass is 16.1. The number of carbonyl (C=O) groups excluding carboxylic acids is 1.